The lowest BCUT2D eigenvalue weighted by atomic mass is 10.5. The number of nitrogens with zero attached hydrogens (tertiary/aromatic N) is 2. The lowest BCUT2D eigenvalue weighted by molar-refractivity contribution is 0.498. The third kappa shape index (κ3) is 2.24. The molecule has 2 heterocycles. The standard InChI is InChI=1S/C10H14N4O3S/c1-7-9(10(11)14(2)13-7)18(15,16)12-6-8-4-3-5-17-8/h3-5,12H,6,11H2,1-2H3. The van der Waals surface area contributed by atoms with Gasteiger partial charge in [0.15, 0.2) is 0 Å². The number of sulfonamides is 1. The summed E-state index contributed by atoms with van der Waals surface area (Å²) in [6, 6.07) is 3.37. The summed E-state index contributed by atoms with van der Waals surface area (Å²) in [6.45, 7) is 1.67. The van der Waals surface area contributed by atoms with Gasteiger partial charge < -0.3 is 10.2 Å². The van der Waals surface area contributed by atoms with Gasteiger partial charge in [0.05, 0.1) is 18.5 Å². The van der Waals surface area contributed by atoms with Gasteiger partial charge in [-0.25, -0.2) is 13.1 Å². The molecule has 98 valence electrons. The summed E-state index contributed by atoms with van der Waals surface area (Å²) in [4.78, 5) is 0.0107. The molecule has 0 bridgehead atoms. The van der Waals surface area contributed by atoms with Crippen LogP contribution in [-0.4, -0.2) is 18.2 Å². The summed E-state index contributed by atoms with van der Waals surface area (Å²) in [5, 5.41) is 3.97. The predicted octanol–water partition coefficient (Wildman–Crippen LogP) is 0.382. The van der Waals surface area contributed by atoms with Crippen molar-refractivity contribution in [1.29, 1.82) is 0 Å². The highest BCUT2D eigenvalue weighted by molar-refractivity contribution is 7.89. The van der Waals surface area contributed by atoms with Crippen molar-refractivity contribution in [2.24, 2.45) is 7.05 Å². The average molecular weight is 270 g/mol. The summed E-state index contributed by atoms with van der Waals surface area (Å²) >= 11 is 0. The molecule has 18 heavy (non-hydrogen) atoms. The first-order valence-electron chi connectivity index (χ1n) is 5.23. The van der Waals surface area contributed by atoms with Crippen molar-refractivity contribution in [3.8, 4) is 0 Å². The minimum atomic E-state index is -3.70. The number of nitrogen functional groups attached to an aromatic ring is 1. The molecular formula is C10H14N4O3S. The molecule has 2 aromatic heterocycles. The first-order chi connectivity index (χ1) is 8.42. The molecule has 3 N–H and O–H groups in total. The van der Waals surface area contributed by atoms with Gasteiger partial charge in [0.1, 0.15) is 16.5 Å². The van der Waals surface area contributed by atoms with Crippen LogP contribution in [0.5, 0.6) is 0 Å². The molecule has 8 heteroatoms. The van der Waals surface area contributed by atoms with E-state index in [1.54, 1.807) is 26.1 Å². The number of nitrogens with one attached hydrogen (secondary N) is 1. The Morgan fingerprint density at radius 3 is 2.78 bits per heavy atom. The second-order valence-electron chi connectivity index (χ2n) is 3.83. The fourth-order valence-corrected chi connectivity index (χ4v) is 2.95. The van der Waals surface area contributed by atoms with Gasteiger partial charge in [-0.05, 0) is 19.1 Å². The average Bonchev–Trinajstić information content (AvgIpc) is 2.86. The second-order valence-corrected chi connectivity index (χ2v) is 5.53. The van der Waals surface area contributed by atoms with Crippen LogP contribution in [0.4, 0.5) is 5.82 Å². The van der Waals surface area contributed by atoms with E-state index >= 15 is 0 Å². The molecule has 0 radical (unpaired) electrons. The van der Waals surface area contributed by atoms with E-state index in [1.165, 1.54) is 10.9 Å². The SMILES string of the molecule is Cc1nn(C)c(N)c1S(=O)(=O)NCc1ccco1. The minimum absolute atomic E-state index is 0.0107. The Morgan fingerprint density at radius 2 is 2.28 bits per heavy atom. The van der Waals surface area contributed by atoms with Crippen LogP contribution in [0.1, 0.15) is 11.5 Å². The van der Waals surface area contributed by atoms with Crippen molar-refractivity contribution in [1.82, 2.24) is 14.5 Å². The third-order valence-corrected chi connectivity index (χ3v) is 4.06. The predicted molar refractivity (Wildman–Crippen MR) is 65.1 cm³/mol. The smallest absolute Gasteiger partial charge is 0.246 e. The molecule has 2 aromatic rings. The number of aryl methyl sites for hydroxylation is 2. The van der Waals surface area contributed by atoms with Crippen molar-refractivity contribution in [2.45, 2.75) is 18.4 Å². The highest BCUT2D eigenvalue weighted by Crippen LogP contribution is 2.21. The fourth-order valence-electron chi connectivity index (χ4n) is 1.64. The molecule has 2 rings (SSSR count). The van der Waals surface area contributed by atoms with Gasteiger partial charge in [-0.2, -0.15) is 5.10 Å². The summed E-state index contributed by atoms with van der Waals surface area (Å²) in [6.07, 6.45) is 1.48. The van der Waals surface area contributed by atoms with E-state index in [0.717, 1.165) is 0 Å². The van der Waals surface area contributed by atoms with Gasteiger partial charge in [0, 0.05) is 7.05 Å². The molecule has 7 nitrogen and oxygen atoms in total. The monoisotopic (exact) mass is 270 g/mol. The lowest BCUT2D eigenvalue weighted by Crippen LogP contribution is -2.24. The minimum Gasteiger partial charge on any atom is -0.468 e. The molecule has 0 aliphatic rings. The maximum absolute atomic E-state index is 12.1. The number of aromatic nitrogens is 2. The first-order valence-corrected chi connectivity index (χ1v) is 6.71. The Hall–Kier alpha value is -1.80. The van der Waals surface area contributed by atoms with Gasteiger partial charge in [-0.3, -0.25) is 4.68 Å². The number of anilines is 1. The van der Waals surface area contributed by atoms with E-state index < -0.39 is 10.0 Å². The van der Waals surface area contributed by atoms with Gasteiger partial charge >= 0.3 is 0 Å². The van der Waals surface area contributed by atoms with Crippen LogP contribution in [0.2, 0.25) is 0 Å². The Balaban J connectivity index is 2.26. The number of rotatable bonds is 4. The van der Waals surface area contributed by atoms with Crippen LogP contribution in [0.3, 0.4) is 0 Å². The van der Waals surface area contributed by atoms with Crippen LogP contribution in [-0.2, 0) is 23.6 Å². The zero-order valence-electron chi connectivity index (χ0n) is 10.0. The molecular weight excluding hydrogens is 256 g/mol. The molecule has 0 spiro atoms. The number of hydrogen-bond acceptors (Lipinski definition) is 5. The van der Waals surface area contributed by atoms with Crippen LogP contribution in [0.25, 0.3) is 0 Å². The molecule has 0 fully saturated rings. The van der Waals surface area contributed by atoms with E-state index in [2.05, 4.69) is 9.82 Å². The third-order valence-electron chi connectivity index (χ3n) is 2.50. The normalized spacial score (nSPS) is 11.9. The maximum Gasteiger partial charge on any atom is 0.246 e. The highest BCUT2D eigenvalue weighted by atomic mass is 32.2. The summed E-state index contributed by atoms with van der Waals surface area (Å²) in [7, 11) is -2.10. The Labute approximate surface area is 105 Å². The molecule has 0 aliphatic heterocycles. The molecule has 0 saturated carbocycles. The Kier molecular flexibility index (Phi) is 3.14. The van der Waals surface area contributed by atoms with Crippen molar-refractivity contribution >= 4 is 15.8 Å². The maximum atomic E-state index is 12.1. The number of nitrogens with two attached hydrogens (primary N) is 1. The molecule has 0 amide bonds. The van der Waals surface area contributed by atoms with Crippen molar-refractivity contribution in [2.75, 3.05) is 5.73 Å². The zero-order valence-corrected chi connectivity index (χ0v) is 10.9. The molecule has 0 saturated heterocycles. The van der Waals surface area contributed by atoms with Gasteiger partial charge in [0.2, 0.25) is 10.0 Å². The van der Waals surface area contributed by atoms with E-state index in [-0.39, 0.29) is 17.3 Å². The first kappa shape index (κ1) is 12.7. The van der Waals surface area contributed by atoms with Crippen molar-refractivity contribution < 1.29 is 12.8 Å². The van der Waals surface area contributed by atoms with E-state index in [0.29, 0.717) is 11.5 Å². The van der Waals surface area contributed by atoms with Crippen molar-refractivity contribution in [3.05, 3.63) is 29.9 Å². The quantitative estimate of drug-likeness (QED) is 0.836. The van der Waals surface area contributed by atoms with Crippen molar-refractivity contribution in [3.63, 3.8) is 0 Å². The van der Waals surface area contributed by atoms with Crippen LogP contribution < -0.4 is 10.5 Å². The lowest BCUT2D eigenvalue weighted by Gasteiger charge is -2.05. The highest BCUT2D eigenvalue weighted by Gasteiger charge is 2.24. The summed E-state index contributed by atoms with van der Waals surface area (Å²) in [5.41, 5.74) is 6.06. The van der Waals surface area contributed by atoms with E-state index in [4.69, 9.17) is 10.2 Å². The molecule has 0 aliphatic carbocycles. The largest absolute Gasteiger partial charge is 0.468 e. The summed E-state index contributed by atoms with van der Waals surface area (Å²) < 4.78 is 33.0. The number of furan rings is 1. The van der Waals surface area contributed by atoms with E-state index in [9.17, 15) is 8.42 Å². The molecule has 0 atom stereocenters. The number of hydrogen-bond donors (Lipinski definition) is 2. The van der Waals surface area contributed by atoms with Gasteiger partial charge in [-0.1, -0.05) is 0 Å². The van der Waals surface area contributed by atoms with Gasteiger partial charge in [0.25, 0.3) is 0 Å². The van der Waals surface area contributed by atoms with Crippen LogP contribution in [0.15, 0.2) is 27.7 Å². The van der Waals surface area contributed by atoms with Crippen LogP contribution in [0, 0.1) is 6.92 Å². The molecule has 0 aromatic carbocycles. The molecule has 0 unspecified atom stereocenters. The zero-order chi connectivity index (χ0) is 13.3. The fraction of sp³-hybridized carbons (Fsp3) is 0.300. The van der Waals surface area contributed by atoms with Gasteiger partial charge in [-0.15, -0.1) is 0 Å². The summed E-state index contributed by atoms with van der Waals surface area (Å²) in [5.74, 6) is 0.637. The van der Waals surface area contributed by atoms with Crippen LogP contribution >= 0.6 is 0 Å². The second kappa shape index (κ2) is 4.46. The Bertz CT molecular complexity index is 643. The van der Waals surface area contributed by atoms with E-state index in [1.807, 2.05) is 0 Å². The Morgan fingerprint density at radius 1 is 1.56 bits per heavy atom. The topological polar surface area (TPSA) is 103 Å².